The maximum Gasteiger partial charge on any atom is 0.102 e. The number of likely N-dealkylation sites (tertiary alicyclic amines) is 1. The van der Waals surface area contributed by atoms with Crippen molar-refractivity contribution in [3.63, 3.8) is 0 Å². The Balaban J connectivity index is 0.000000686. The van der Waals surface area contributed by atoms with Crippen LogP contribution in [0.15, 0.2) is 0 Å². The van der Waals surface area contributed by atoms with Crippen LogP contribution in [0.1, 0.15) is 43.4 Å². The summed E-state index contributed by atoms with van der Waals surface area (Å²) < 4.78 is 0. The maximum atomic E-state index is 8.62. The molecule has 0 bridgehead atoms. The van der Waals surface area contributed by atoms with Crippen LogP contribution in [0.25, 0.3) is 0 Å². The standard InChI is InChI=1S/C12H20N2O2.2C2H6.2H2/c15-16-11-9-4-14(5-10(9)11)3-8-1-12(2-8)6-13-7-12;2*1-2;;/h8-11,13,15H,1-7H2;2*1-2H3;2*1H. The molecule has 4 rings (SSSR count). The van der Waals surface area contributed by atoms with Crippen LogP contribution < -0.4 is 5.32 Å². The van der Waals surface area contributed by atoms with Crippen molar-refractivity contribution in [3.8, 4) is 0 Å². The van der Waals surface area contributed by atoms with Crippen LogP contribution in [0.2, 0.25) is 0 Å². The molecule has 4 aliphatic rings. The van der Waals surface area contributed by atoms with Crippen LogP contribution in [0.5, 0.6) is 0 Å². The van der Waals surface area contributed by atoms with E-state index in [1.807, 2.05) is 27.7 Å². The predicted molar refractivity (Wildman–Crippen MR) is 85.9 cm³/mol. The molecule has 0 aromatic carbocycles. The van der Waals surface area contributed by atoms with Crippen molar-refractivity contribution >= 4 is 0 Å². The smallest absolute Gasteiger partial charge is 0.102 e. The molecule has 0 amide bonds. The van der Waals surface area contributed by atoms with Gasteiger partial charge < -0.3 is 10.2 Å². The van der Waals surface area contributed by atoms with E-state index in [9.17, 15) is 0 Å². The van der Waals surface area contributed by atoms with Gasteiger partial charge in [0.15, 0.2) is 0 Å². The minimum absolute atomic E-state index is 0. The highest BCUT2D eigenvalue weighted by Gasteiger charge is 2.58. The molecule has 2 N–H and O–H groups in total. The molecule has 20 heavy (non-hydrogen) atoms. The largest absolute Gasteiger partial charge is 0.316 e. The van der Waals surface area contributed by atoms with E-state index < -0.39 is 0 Å². The van der Waals surface area contributed by atoms with Crippen molar-refractivity contribution in [2.75, 3.05) is 32.7 Å². The minimum atomic E-state index is 0. The summed E-state index contributed by atoms with van der Waals surface area (Å²) in [5.41, 5.74) is 0.712. The van der Waals surface area contributed by atoms with Crippen LogP contribution in [0.4, 0.5) is 0 Å². The molecule has 2 aliphatic carbocycles. The summed E-state index contributed by atoms with van der Waals surface area (Å²) in [6.45, 7) is 14.1. The van der Waals surface area contributed by atoms with Gasteiger partial charge in [0.2, 0.25) is 0 Å². The van der Waals surface area contributed by atoms with Crippen molar-refractivity contribution in [1.82, 2.24) is 10.2 Å². The van der Waals surface area contributed by atoms with E-state index in [1.165, 1.54) is 32.5 Å². The molecule has 4 fully saturated rings. The van der Waals surface area contributed by atoms with E-state index in [-0.39, 0.29) is 8.96 Å². The van der Waals surface area contributed by atoms with Gasteiger partial charge in [-0.3, -0.25) is 5.26 Å². The highest BCUT2D eigenvalue weighted by molar-refractivity contribution is 5.08. The minimum Gasteiger partial charge on any atom is -0.316 e. The summed E-state index contributed by atoms with van der Waals surface area (Å²) in [5, 5.41) is 12.0. The Bertz CT molecular complexity index is 297. The van der Waals surface area contributed by atoms with Gasteiger partial charge in [-0.05, 0) is 24.2 Å². The number of hydrogen-bond donors (Lipinski definition) is 2. The van der Waals surface area contributed by atoms with Crippen LogP contribution in [0, 0.1) is 23.2 Å². The Morgan fingerprint density at radius 1 is 1.15 bits per heavy atom. The molecule has 2 heterocycles. The lowest BCUT2D eigenvalue weighted by Crippen LogP contribution is -2.61. The van der Waals surface area contributed by atoms with E-state index >= 15 is 0 Å². The zero-order chi connectivity index (χ0) is 14.8. The lowest BCUT2D eigenvalue weighted by molar-refractivity contribution is -0.261. The van der Waals surface area contributed by atoms with Gasteiger partial charge in [0.05, 0.1) is 0 Å². The third-order valence-corrected chi connectivity index (χ3v) is 5.27. The predicted octanol–water partition coefficient (Wildman–Crippen LogP) is 2.95. The molecule has 0 aromatic heterocycles. The van der Waals surface area contributed by atoms with E-state index in [4.69, 9.17) is 5.26 Å². The van der Waals surface area contributed by atoms with Crippen molar-refractivity contribution < 1.29 is 13.0 Å². The number of piperidine rings is 1. The van der Waals surface area contributed by atoms with Gasteiger partial charge in [-0.1, -0.05) is 27.7 Å². The van der Waals surface area contributed by atoms with Gasteiger partial charge >= 0.3 is 0 Å². The second-order valence-corrected chi connectivity index (χ2v) is 6.49. The molecule has 0 aromatic rings. The van der Waals surface area contributed by atoms with Gasteiger partial charge in [-0.25, -0.2) is 4.89 Å². The third-order valence-electron chi connectivity index (χ3n) is 5.27. The summed E-state index contributed by atoms with van der Waals surface area (Å²) in [7, 11) is 0. The first-order valence-electron chi connectivity index (χ1n) is 8.53. The van der Waals surface area contributed by atoms with E-state index in [1.54, 1.807) is 0 Å². The van der Waals surface area contributed by atoms with Crippen molar-refractivity contribution in [1.29, 1.82) is 0 Å². The molecule has 0 radical (unpaired) electrons. The highest BCUT2D eigenvalue weighted by atomic mass is 17.1. The average Bonchev–Trinajstić information content (AvgIpc) is 2.89. The Morgan fingerprint density at radius 3 is 2.10 bits per heavy atom. The number of nitrogens with one attached hydrogen (secondary N) is 1. The third kappa shape index (κ3) is 2.89. The normalized spacial score (nSPS) is 36.8. The molecule has 4 nitrogen and oxygen atoms in total. The molecule has 2 saturated heterocycles. The topological polar surface area (TPSA) is 44.7 Å². The molecular weight excluding hydrogens is 252 g/mol. The zero-order valence-corrected chi connectivity index (χ0v) is 13.6. The van der Waals surface area contributed by atoms with Crippen molar-refractivity contribution in [2.45, 2.75) is 46.6 Å². The van der Waals surface area contributed by atoms with Crippen molar-refractivity contribution in [3.05, 3.63) is 0 Å². The lowest BCUT2D eigenvalue weighted by Gasteiger charge is -2.55. The maximum absolute atomic E-state index is 8.62. The number of rotatable bonds is 3. The zero-order valence-electron chi connectivity index (χ0n) is 13.6. The summed E-state index contributed by atoms with van der Waals surface area (Å²) >= 11 is 0. The summed E-state index contributed by atoms with van der Waals surface area (Å²) in [6, 6.07) is 0. The van der Waals surface area contributed by atoms with Crippen molar-refractivity contribution in [2.24, 2.45) is 23.2 Å². The SMILES string of the molecule is CC.CC.OOC1C2CN(CC3CC4(CNC4)C3)CC21.[HH].[HH]. The van der Waals surface area contributed by atoms with Gasteiger partial charge in [0.25, 0.3) is 0 Å². The Morgan fingerprint density at radius 2 is 1.70 bits per heavy atom. The monoisotopic (exact) mass is 288 g/mol. The Hall–Kier alpha value is -0.160. The van der Waals surface area contributed by atoms with E-state index in [0.717, 1.165) is 19.0 Å². The first kappa shape index (κ1) is 16.2. The summed E-state index contributed by atoms with van der Waals surface area (Å²) in [4.78, 5) is 7.02. The van der Waals surface area contributed by atoms with Crippen LogP contribution >= 0.6 is 0 Å². The number of fused-ring (bicyclic) bond motifs is 1. The molecule has 1 spiro atoms. The molecule has 2 unspecified atom stereocenters. The fraction of sp³-hybridized carbons (Fsp3) is 1.00. The fourth-order valence-electron chi connectivity index (χ4n) is 4.29. The molecule has 4 heteroatoms. The van der Waals surface area contributed by atoms with E-state index in [2.05, 4.69) is 15.1 Å². The average molecular weight is 288 g/mol. The first-order chi connectivity index (χ1) is 9.80. The van der Waals surface area contributed by atoms with E-state index in [0.29, 0.717) is 17.3 Å². The molecule has 122 valence electrons. The highest BCUT2D eigenvalue weighted by Crippen LogP contribution is 2.51. The molecule has 2 aliphatic heterocycles. The molecular formula is C16H36N2O2. The number of nitrogens with zero attached hydrogens (tertiary/aromatic N) is 1. The Kier molecular flexibility index (Phi) is 5.46. The second-order valence-electron chi connectivity index (χ2n) is 6.49. The van der Waals surface area contributed by atoms with Crippen LogP contribution in [0.3, 0.4) is 0 Å². The van der Waals surface area contributed by atoms with Crippen LogP contribution in [-0.4, -0.2) is 49.0 Å². The summed E-state index contributed by atoms with van der Waals surface area (Å²) in [6.07, 6.45) is 3.04. The molecule has 2 saturated carbocycles. The van der Waals surface area contributed by atoms with Gasteiger partial charge in [-0.15, -0.1) is 0 Å². The van der Waals surface area contributed by atoms with Gasteiger partial charge in [0.1, 0.15) is 6.10 Å². The Labute approximate surface area is 126 Å². The molecule has 2 atom stereocenters. The number of hydrogen-bond acceptors (Lipinski definition) is 4. The first-order valence-corrected chi connectivity index (χ1v) is 8.53. The quantitative estimate of drug-likeness (QED) is 0.619. The summed E-state index contributed by atoms with van der Waals surface area (Å²) in [5.74, 6) is 2.20. The fourth-order valence-corrected chi connectivity index (χ4v) is 4.29. The van der Waals surface area contributed by atoms with Gasteiger partial charge in [-0.2, -0.15) is 0 Å². The lowest BCUT2D eigenvalue weighted by atomic mass is 9.58. The van der Waals surface area contributed by atoms with Crippen LogP contribution in [-0.2, 0) is 4.89 Å². The second kappa shape index (κ2) is 6.73. The van der Waals surface area contributed by atoms with Gasteiger partial charge in [0, 0.05) is 47.4 Å².